The molecule has 0 aliphatic rings. The van der Waals surface area contributed by atoms with Crippen LogP contribution in [-0.2, 0) is 0 Å². The number of nitrogens with zero attached hydrogens (tertiary/aromatic N) is 2. The van der Waals surface area contributed by atoms with Crippen LogP contribution in [0.1, 0.15) is 11.1 Å². The summed E-state index contributed by atoms with van der Waals surface area (Å²) in [6, 6.07) is 7.92. The van der Waals surface area contributed by atoms with E-state index in [4.69, 9.17) is 24.4 Å². The van der Waals surface area contributed by atoms with Crippen LogP contribution in [0.5, 0.6) is 0 Å². The standard InChI is InChI=1S/C13H18N6S2/c1-9-4-6-10(7-5-9)11(17-19-13(21)15-3)8-16-18-12(20)14-2/h4-8H,1-3H3,(H2,14,18,20)(H2,15,19,21)/b16-8-,17-11-. The zero-order valence-corrected chi connectivity index (χ0v) is 13.7. The maximum Gasteiger partial charge on any atom is 0.186 e. The van der Waals surface area contributed by atoms with Crippen molar-refractivity contribution in [3.8, 4) is 0 Å². The molecular formula is C13H18N6S2. The molecule has 0 radical (unpaired) electrons. The topological polar surface area (TPSA) is 72.8 Å². The van der Waals surface area contributed by atoms with Gasteiger partial charge in [-0.15, -0.1) is 0 Å². The van der Waals surface area contributed by atoms with Crippen molar-refractivity contribution in [3.63, 3.8) is 0 Å². The van der Waals surface area contributed by atoms with E-state index in [1.54, 1.807) is 20.3 Å². The van der Waals surface area contributed by atoms with Crippen molar-refractivity contribution in [2.75, 3.05) is 14.1 Å². The summed E-state index contributed by atoms with van der Waals surface area (Å²) in [5.41, 5.74) is 8.12. The SMILES string of the molecule is CNC(=S)N/N=C\C(=N\NC(=S)NC)c1ccc(C)cc1. The molecular weight excluding hydrogens is 304 g/mol. The Kier molecular flexibility index (Phi) is 7.27. The van der Waals surface area contributed by atoms with Crippen LogP contribution in [0.4, 0.5) is 0 Å². The van der Waals surface area contributed by atoms with Crippen molar-refractivity contribution in [1.29, 1.82) is 0 Å². The van der Waals surface area contributed by atoms with E-state index in [1.807, 2.05) is 31.2 Å². The molecule has 1 aromatic rings. The van der Waals surface area contributed by atoms with Crippen LogP contribution < -0.4 is 21.5 Å². The Morgan fingerprint density at radius 1 is 1.00 bits per heavy atom. The largest absolute Gasteiger partial charge is 0.364 e. The highest BCUT2D eigenvalue weighted by Crippen LogP contribution is 2.03. The number of benzene rings is 1. The summed E-state index contributed by atoms with van der Waals surface area (Å²) < 4.78 is 0. The molecule has 0 bridgehead atoms. The third-order valence-corrected chi connectivity index (χ3v) is 3.02. The van der Waals surface area contributed by atoms with Crippen molar-refractivity contribution >= 4 is 46.6 Å². The fraction of sp³-hybridized carbons (Fsp3) is 0.231. The predicted molar refractivity (Wildman–Crippen MR) is 95.8 cm³/mol. The lowest BCUT2D eigenvalue weighted by molar-refractivity contribution is 0.972. The van der Waals surface area contributed by atoms with E-state index in [0.29, 0.717) is 15.9 Å². The van der Waals surface area contributed by atoms with Crippen LogP contribution in [0.2, 0.25) is 0 Å². The molecule has 0 saturated carbocycles. The molecule has 21 heavy (non-hydrogen) atoms. The quantitative estimate of drug-likeness (QED) is 0.375. The van der Waals surface area contributed by atoms with Gasteiger partial charge in [0, 0.05) is 19.7 Å². The summed E-state index contributed by atoms with van der Waals surface area (Å²) in [6.45, 7) is 2.02. The number of nitrogens with one attached hydrogen (secondary N) is 4. The summed E-state index contributed by atoms with van der Waals surface area (Å²) in [4.78, 5) is 0. The molecule has 8 heteroatoms. The maximum absolute atomic E-state index is 5.00. The number of aryl methyl sites for hydroxylation is 1. The second-order valence-corrected chi connectivity index (χ2v) is 4.82. The van der Waals surface area contributed by atoms with Crippen LogP contribution in [0.3, 0.4) is 0 Å². The van der Waals surface area contributed by atoms with Crippen molar-refractivity contribution in [2.24, 2.45) is 10.2 Å². The van der Waals surface area contributed by atoms with Gasteiger partial charge in [-0.05, 0) is 31.4 Å². The Morgan fingerprint density at radius 3 is 2.14 bits per heavy atom. The second-order valence-electron chi connectivity index (χ2n) is 4.00. The van der Waals surface area contributed by atoms with E-state index in [1.165, 1.54) is 5.56 Å². The third kappa shape index (κ3) is 6.28. The van der Waals surface area contributed by atoms with Gasteiger partial charge >= 0.3 is 0 Å². The second kappa shape index (κ2) is 8.98. The lowest BCUT2D eigenvalue weighted by atomic mass is 10.1. The van der Waals surface area contributed by atoms with Gasteiger partial charge in [-0.1, -0.05) is 29.8 Å². The average Bonchev–Trinajstić information content (AvgIpc) is 2.50. The molecule has 0 spiro atoms. The first kappa shape index (κ1) is 17.0. The lowest BCUT2D eigenvalue weighted by Crippen LogP contribution is -2.30. The smallest absolute Gasteiger partial charge is 0.186 e. The van der Waals surface area contributed by atoms with Gasteiger partial charge in [-0.3, -0.25) is 10.9 Å². The lowest BCUT2D eigenvalue weighted by Gasteiger charge is -2.05. The molecule has 6 nitrogen and oxygen atoms in total. The minimum absolute atomic E-state index is 0.423. The van der Waals surface area contributed by atoms with Gasteiger partial charge in [0.25, 0.3) is 0 Å². The first-order chi connectivity index (χ1) is 10.1. The van der Waals surface area contributed by atoms with Gasteiger partial charge in [0.15, 0.2) is 10.2 Å². The van der Waals surface area contributed by atoms with E-state index in [-0.39, 0.29) is 0 Å². The molecule has 4 N–H and O–H groups in total. The molecule has 0 saturated heterocycles. The maximum atomic E-state index is 5.00. The van der Waals surface area contributed by atoms with Crippen LogP contribution in [0.25, 0.3) is 0 Å². The van der Waals surface area contributed by atoms with Gasteiger partial charge in [-0.25, -0.2) is 0 Å². The summed E-state index contributed by atoms with van der Waals surface area (Å²) >= 11 is 9.94. The first-order valence-electron chi connectivity index (χ1n) is 6.20. The Labute approximate surface area is 135 Å². The third-order valence-electron chi connectivity index (χ3n) is 2.43. The minimum atomic E-state index is 0.423. The Balaban J connectivity index is 2.91. The molecule has 0 fully saturated rings. The van der Waals surface area contributed by atoms with Crippen LogP contribution >= 0.6 is 24.4 Å². The summed E-state index contributed by atoms with van der Waals surface area (Å²) in [5.74, 6) is 0. The average molecular weight is 322 g/mol. The normalized spacial score (nSPS) is 11.1. The number of thiocarbonyl (C=S) groups is 2. The van der Waals surface area contributed by atoms with E-state index in [9.17, 15) is 0 Å². The van der Waals surface area contributed by atoms with E-state index in [2.05, 4.69) is 31.7 Å². The molecule has 0 aliphatic heterocycles. The van der Waals surface area contributed by atoms with Gasteiger partial charge in [0.1, 0.15) is 5.71 Å². The monoisotopic (exact) mass is 322 g/mol. The van der Waals surface area contributed by atoms with E-state index < -0.39 is 0 Å². The number of hydrazone groups is 2. The summed E-state index contributed by atoms with van der Waals surface area (Å²) in [5, 5.41) is 14.7. The fourth-order valence-electron chi connectivity index (χ4n) is 1.27. The fourth-order valence-corrected chi connectivity index (χ4v) is 1.37. The van der Waals surface area contributed by atoms with Crippen LogP contribution in [-0.4, -0.2) is 36.2 Å². The first-order valence-corrected chi connectivity index (χ1v) is 7.01. The van der Waals surface area contributed by atoms with Crippen molar-refractivity contribution < 1.29 is 0 Å². The predicted octanol–water partition coefficient (Wildman–Crippen LogP) is 0.873. The van der Waals surface area contributed by atoms with Crippen LogP contribution in [0.15, 0.2) is 34.5 Å². The molecule has 0 amide bonds. The Morgan fingerprint density at radius 2 is 1.57 bits per heavy atom. The molecule has 0 heterocycles. The number of hydrogen-bond donors (Lipinski definition) is 4. The highest BCUT2D eigenvalue weighted by Gasteiger charge is 2.01. The highest BCUT2D eigenvalue weighted by atomic mass is 32.1. The van der Waals surface area contributed by atoms with Crippen LogP contribution in [0, 0.1) is 6.92 Å². The van der Waals surface area contributed by atoms with Crippen molar-refractivity contribution in [3.05, 3.63) is 35.4 Å². The molecule has 1 aromatic carbocycles. The zero-order chi connectivity index (χ0) is 15.7. The Hall–Kier alpha value is -2.06. The molecule has 0 atom stereocenters. The minimum Gasteiger partial charge on any atom is -0.364 e. The highest BCUT2D eigenvalue weighted by molar-refractivity contribution is 7.80. The Bertz CT molecular complexity index is 550. The van der Waals surface area contributed by atoms with Gasteiger partial charge in [0.2, 0.25) is 0 Å². The van der Waals surface area contributed by atoms with E-state index in [0.717, 1.165) is 5.56 Å². The van der Waals surface area contributed by atoms with Gasteiger partial charge in [-0.2, -0.15) is 10.2 Å². The van der Waals surface area contributed by atoms with Gasteiger partial charge in [0.05, 0.1) is 6.21 Å². The number of rotatable bonds is 4. The van der Waals surface area contributed by atoms with Crippen molar-refractivity contribution in [1.82, 2.24) is 21.5 Å². The number of hydrogen-bond acceptors (Lipinski definition) is 4. The molecule has 1 rings (SSSR count). The molecule has 0 aliphatic carbocycles. The van der Waals surface area contributed by atoms with Gasteiger partial charge < -0.3 is 10.6 Å². The molecule has 0 unspecified atom stereocenters. The van der Waals surface area contributed by atoms with E-state index >= 15 is 0 Å². The van der Waals surface area contributed by atoms with Crippen molar-refractivity contribution in [2.45, 2.75) is 6.92 Å². The molecule has 0 aromatic heterocycles. The summed E-state index contributed by atoms with van der Waals surface area (Å²) in [7, 11) is 3.43. The summed E-state index contributed by atoms with van der Waals surface area (Å²) in [6.07, 6.45) is 1.57. The zero-order valence-electron chi connectivity index (χ0n) is 12.1. The molecule has 112 valence electrons.